The lowest BCUT2D eigenvalue weighted by molar-refractivity contribution is -0.176. The highest BCUT2D eigenvalue weighted by molar-refractivity contribution is 6.04. The first-order valence-electron chi connectivity index (χ1n) is 9.18. The molecule has 2 aromatic carbocycles. The van der Waals surface area contributed by atoms with Gasteiger partial charge in [-0.25, -0.2) is 0 Å². The van der Waals surface area contributed by atoms with Gasteiger partial charge in [0, 0.05) is 24.1 Å². The van der Waals surface area contributed by atoms with Gasteiger partial charge < -0.3 is 10.1 Å². The second-order valence-electron chi connectivity index (χ2n) is 6.83. The van der Waals surface area contributed by atoms with Crippen LogP contribution in [0, 0.1) is 0 Å². The fourth-order valence-electron chi connectivity index (χ4n) is 2.92. The summed E-state index contributed by atoms with van der Waals surface area (Å²) in [4.78, 5) is 36.9. The molecule has 158 valence electrons. The van der Waals surface area contributed by atoms with Crippen LogP contribution in [0.25, 0.3) is 0 Å². The minimum absolute atomic E-state index is 0.190. The molecule has 0 saturated carbocycles. The number of rotatable bonds is 7. The van der Waals surface area contributed by atoms with Crippen molar-refractivity contribution in [1.82, 2.24) is 4.90 Å². The van der Waals surface area contributed by atoms with E-state index in [9.17, 15) is 27.6 Å². The second kappa shape index (κ2) is 9.08. The van der Waals surface area contributed by atoms with Crippen molar-refractivity contribution in [3.8, 4) is 0 Å². The van der Waals surface area contributed by atoms with Crippen molar-refractivity contribution in [2.24, 2.45) is 0 Å². The lowest BCUT2D eigenvalue weighted by Gasteiger charge is -2.14. The maximum atomic E-state index is 12.3. The molecular formula is C21H19F3N2O4. The Morgan fingerprint density at radius 1 is 0.933 bits per heavy atom. The molecule has 30 heavy (non-hydrogen) atoms. The highest BCUT2D eigenvalue weighted by Crippen LogP contribution is 2.19. The number of carbonyl (C=O) groups excluding carboxylic acids is 3. The number of imide groups is 1. The van der Waals surface area contributed by atoms with Gasteiger partial charge >= 0.3 is 6.18 Å². The van der Waals surface area contributed by atoms with E-state index in [1.54, 1.807) is 24.3 Å². The summed E-state index contributed by atoms with van der Waals surface area (Å²) in [5.74, 6) is -0.760. The highest BCUT2D eigenvalue weighted by atomic mass is 19.4. The van der Waals surface area contributed by atoms with Gasteiger partial charge in [-0.05, 0) is 35.4 Å². The molecule has 2 aromatic rings. The van der Waals surface area contributed by atoms with Gasteiger partial charge in [0.2, 0.25) is 11.8 Å². The molecule has 0 unspecified atom stereocenters. The summed E-state index contributed by atoms with van der Waals surface area (Å²) in [6.45, 7) is -1.33. The Morgan fingerprint density at radius 2 is 1.50 bits per heavy atom. The number of likely N-dealkylation sites (tertiary alicyclic amines) is 1. The van der Waals surface area contributed by atoms with Crippen molar-refractivity contribution in [3.05, 3.63) is 65.2 Å². The first-order chi connectivity index (χ1) is 14.2. The predicted octanol–water partition coefficient (Wildman–Crippen LogP) is 3.67. The van der Waals surface area contributed by atoms with Crippen LogP contribution < -0.4 is 5.32 Å². The van der Waals surface area contributed by atoms with Crippen molar-refractivity contribution < 1.29 is 32.3 Å². The Hall–Kier alpha value is -3.20. The standard InChI is InChI=1S/C21H19F3N2O4/c22-21(23,24)13-30-12-15-1-5-16(6-2-15)20(29)25-17-7-3-14(4-8-17)11-26-18(27)9-10-19(26)28/h1-8H,9-13H2,(H,25,29). The monoisotopic (exact) mass is 420 g/mol. The number of carbonyl (C=O) groups is 3. The summed E-state index contributed by atoms with van der Waals surface area (Å²) in [6.07, 6.45) is -3.91. The van der Waals surface area contributed by atoms with E-state index in [1.807, 2.05) is 0 Å². The topological polar surface area (TPSA) is 75.7 Å². The number of amides is 3. The van der Waals surface area contributed by atoms with Crippen LogP contribution >= 0.6 is 0 Å². The minimum atomic E-state index is -4.38. The maximum absolute atomic E-state index is 12.3. The van der Waals surface area contributed by atoms with E-state index < -0.39 is 12.8 Å². The van der Waals surface area contributed by atoms with Crippen molar-refractivity contribution in [3.63, 3.8) is 0 Å². The minimum Gasteiger partial charge on any atom is -0.367 e. The number of hydrogen-bond donors (Lipinski definition) is 1. The fourth-order valence-corrected chi connectivity index (χ4v) is 2.92. The van der Waals surface area contributed by atoms with Crippen LogP contribution in [0.15, 0.2) is 48.5 Å². The molecule has 1 N–H and O–H groups in total. The highest BCUT2D eigenvalue weighted by Gasteiger charge is 2.28. The molecule has 1 aliphatic heterocycles. The molecular weight excluding hydrogens is 401 g/mol. The molecule has 0 atom stereocenters. The number of nitrogens with zero attached hydrogens (tertiary/aromatic N) is 1. The fraction of sp³-hybridized carbons (Fsp3) is 0.286. The number of nitrogens with one attached hydrogen (secondary N) is 1. The number of benzene rings is 2. The van der Waals surface area contributed by atoms with Crippen LogP contribution in [-0.4, -0.2) is 35.4 Å². The Labute approximate surface area is 170 Å². The molecule has 6 nitrogen and oxygen atoms in total. The normalized spacial score (nSPS) is 14.3. The summed E-state index contributed by atoms with van der Waals surface area (Å²) in [5.41, 5.74) is 2.15. The lowest BCUT2D eigenvalue weighted by atomic mass is 10.1. The third-order valence-corrected chi connectivity index (χ3v) is 4.46. The summed E-state index contributed by atoms with van der Waals surface area (Å²) in [7, 11) is 0. The van der Waals surface area contributed by atoms with Crippen LogP contribution in [0.4, 0.5) is 18.9 Å². The van der Waals surface area contributed by atoms with E-state index in [1.165, 1.54) is 29.2 Å². The van der Waals surface area contributed by atoms with Crippen molar-refractivity contribution in [2.45, 2.75) is 32.2 Å². The zero-order valence-electron chi connectivity index (χ0n) is 15.9. The summed E-state index contributed by atoms with van der Waals surface area (Å²) in [6, 6.07) is 12.8. The molecule has 0 aliphatic carbocycles. The average Bonchev–Trinajstić information content (AvgIpc) is 3.01. The van der Waals surface area contributed by atoms with E-state index in [0.717, 1.165) is 5.56 Å². The van der Waals surface area contributed by atoms with Crippen LogP contribution in [0.3, 0.4) is 0 Å². The molecule has 1 aliphatic rings. The largest absolute Gasteiger partial charge is 0.411 e. The average molecular weight is 420 g/mol. The van der Waals surface area contributed by atoms with Gasteiger partial charge in [0.1, 0.15) is 6.61 Å². The van der Waals surface area contributed by atoms with E-state index in [4.69, 9.17) is 0 Å². The van der Waals surface area contributed by atoms with Crippen molar-refractivity contribution in [2.75, 3.05) is 11.9 Å². The summed E-state index contributed by atoms with van der Waals surface area (Å²) < 4.78 is 40.8. The number of ether oxygens (including phenoxy) is 1. The van der Waals surface area contributed by atoms with Gasteiger partial charge in [-0.2, -0.15) is 13.2 Å². The van der Waals surface area contributed by atoms with E-state index in [2.05, 4.69) is 10.1 Å². The van der Waals surface area contributed by atoms with Crippen LogP contribution in [0.5, 0.6) is 0 Å². The predicted molar refractivity (Wildman–Crippen MR) is 101 cm³/mol. The SMILES string of the molecule is O=C(Nc1ccc(CN2C(=O)CCC2=O)cc1)c1ccc(COCC(F)(F)F)cc1. The third kappa shape index (κ3) is 5.90. The smallest absolute Gasteiger partial charge is 0.367 e. The maximum Gasteiger partial charge on any atom is 0.411 e. The molecule has 1 fully saturated rings. The number of halogens is 3. The molecule has 1 saturated heterocycles. The van der Waals surface area contributed by atoms with E-state index in [0.29, 0.717) is 16.8 Å². The molecule has 3 amide bonds. The number of alkyl halides is 3. The lowest BCUT2D eigenvalue weighted by Crippen LogP contribution is -2.28. The van der Waals surface area contributed by atoms with Gasteiger partial charge in [0.05, 0.1) is 13.2 Å². The summed E-state index contributed by atoms with van der Waals surface area (Å²) >= 11 is 0. The first-order valence-corrected chi connectivity index (χ1v) is 9.18. The molecule has 0 bridgehead atoms. The zero-order chi connectivity index (χ0) is 21.7. The Morgan fingerprint density at radius 3 is 2.07 bits per heavy atom. The Balaban J connectivity index is 1.53. The van der Waals surface area contributed by atoms with E-state index >= 15 is 0 Å². The van der Waals surface area contributed by atoms with Gasteiger partial charge in [-0.3, -0.25) is 19.3 Å². The van der Waals surface area contributed by atoms with Gasteiger partial charge in [-0.15, -0.1) is 0 Å². The first kappa shape index (κ1) is 21.5. The number of anilines is 1. The van der Waals surface area contributed by atoms with Crippen molar-refractivity contribution >= 4 is 23.4 Å². The second-order valence-corrected chi connectivity index (χ2v) is 6.83. The molecule has 9 heteroatoms. The van der Waals surface area contributed by atoms with Gasteiger partial charge in [0.25, 0.3) is 5.91 Å². The van der Waals surface area contributed by atoms with Gasteiger partial charge in [0.15, 0.2) is 0 Å². The number of hydrogen-bond acceptors (Lipinski definition) is 4. The zero-order valence-corrected chi connectivity index (χ0v) is 15.9. The molecule has 0 aromatic heterocycles. The van der Waals surface area contributed by atoms with Crippen molar-refractivity contribution in [1.29, 1.82) is 0 Å². The molecule has 1 heterocycles. The molecule has 0 radical (unpaired) electrons. The summed E-state index contributed by atoms with van der Waals surface area (Å²) in [5, 5.41) is 2.71. The third-order valence-electron chi connectivity index (χ3n) is 4.46. The Kier molecular flexibility index (Phi) is 6.51. The van der Waals surface area contributed by atoms with Crippen LogP contribution in [0.2, 0.25) is 0 Å². The van der Waals surface area contributed by atoms with Crippen LogP contribution in [-0.2, 0) is 27.5 Å². The van der Waals surface area contributed by atoms with Gasteiger partial charge in [-0.1, -0.05) is 24.3 Å². The molecule has 3 rings (SSSR count). The molecule has 0 spiro atoms. The Bertz CT molecular complexity index is 909. The van der Waals surface area contributed by atoms with E-state index in [-0.39, 0.29) is 43.7 Å². The quantitative estimate of drug-likeness (QED) is 0.694. The van der Waals surface area contributed by atoms with Crippen LogP contribution in [0.1, 0.15) is 34.3 Å².